The molecule has 0 aliphatic carbocycles. The topological polar surface area (TPSA) is 40.7 Å². The molecule has 2 aromatic heterocycles. The zero-order chi connectivity index (χ0) is 9.80. The van der Waals surface area contributed by atoms with Gasteiger partial charge in [0, 0.05) is 29.4 Å². The van der Waals surface area contributed by atoms with Crippen LogP contribution in [0.15, 0.2) is 29.8 Å². The Kier molecular flexibility index (Phi) is 2.96. The van der Waals surface area contributed by atoms with Crippen LogP contribution >= 0.6 is 11.3 Å². The van der Waals surface area contributed by atoms with Crippen LogP contribution in [0.4, 0.5) is 0 Å². The Bertz CT molecular complexity index is 353. The third-order valence-electron chi connectivity index (χ3n) is 2.13. The monoisotopic (exact) mass is 207 g/mol. The Balaban J connectivity index is 1.87. The van der Waals surface area contributed by atoms with Crippen molar-refractivity contribution in [1.29, 1.82) is 0 Å². The number of aromatic nitrogens is 2. The van der Waals surface area contributed by atoms with Crippen molar-refractivity contribution in [3.05, 3.63) is 40.3 Å². The number of nitrogens with one attached hydrogen (secondary N) is 2. The van der Waals surface area contributed by atoms with Gasteiger partial charge in [-0.3, -0.25) is 5.10 Å². The second kappa shape index (κ2) is 4.39. The van der Waals surface area contributed by atoms with Gasteiger partial charge in [-0.2, -0.15) is 5.10 Å². The van der Waals surface area contributed by atoms with Gasteiger partial charge < -0.3 is 5.32 Å². The van der Waals surface area contributed by atoms with E-state index in [0.717, 1.165) is 12.2 Å². The first-order valence-corrected chi connectivity index (χ1v) is 5.49. The summed E-state index contributed by atoms with van der Waals surface area (Å²) < 4.78 is 0. The third-order valence-corrected chi connectivity index (χ3v) is 3.18. The van der Waals surface area contributed by atoms with Crippen molar-refractivity contribution in [2.75, 3.05) is 0 Å². The van der Waals surface area contributed by atoms with Gasteiger partial charge in [-0.05, 0) is 24.4 Å². The number of hydrogen-bond donors (Lipinski definition) is 2. The summed E-state index contributed by atoms with van der Waals surface area (Å²) in [5.74, 6) is 0. The molecule has 0 saturated carbocycles. The molecule has 0 fully saturated rings. The molecular formula is C10H13N3S. The lowest BCUT2D eigenvalue weighted by atomic mass is 10.2. The second-order valence-electron chi connectivity index (χ2n) is 3.20. The summed E-state index contributed by atoms with van der Waals surface area (Å²) in [5, 5.41) is 12.4. The summed E-state index contributed by atoms with van der Waals surface area (Å²) in [7, 11) is 0. The van der Waals surface area contributed by atoms with E-state index >= 15 is 0 Å². The van der Waals surface area contributed by atoms with Crippen LogP contribution in [0.2, 0.25) is 0 Å². The molecule has 2 heterocycles. The molecule has 1 atom stereocenters. The van der Waals surface area contributed by atoms with Gasteiger partial charge in [-0.25, -0.2) is 0 Å². The second-order valence-corrected chi connectivity index (χ2v) is 4.18. The van der Waals surface area contributed by atoms with Crippen LogP contribution in [-0.2, 0) is 6.54 Å². The molecule has 4 heteroatoms. The average Bonchev–Trinajstić information content (AvgIpc) is 2.87. The smallest absolute Gasteiger partial charge is 0.0490 e. The minimum absolute atomic E-state index is 0.401. The van der Waals surface area contributed by atoms with E-state index in [1.807, 2.05) is 6.07 Å². The molecule has 0 spiro atoms. The minimum Gasteiger partial charge on any atom is -0.304 e. The zero-order valence-corrected chi connectivity index (χ0v) is 8.84. The van der Waals surface area contributed by atoms with Gasteiger partial charge in [0.1, 0.15) is 0 Å². The molecule has 14 heavy (non-hydrogen) atoms. The summed E-state index contributed by atoms with van der Waals surface area (Å²) >= 11 is 1.78. The number of hydrogen-bond acceptors (Lipinski definition) is 3. The minimum atomic E-state index is 0.401. The van der Waals surface area contributed by atoms with E-state index in [1.165, 1.54) is 4.88 Å². The van der Waals surface area contributed by atoms with E-state index in [4.69, 9.17) is 0 Å². The standard InChI is InChI=1S/C10H13N3S/c1-8(10-3-2-6-14-10)11-7-9-4-5-12-13-9/h2-6,8,11H,7H2,1H3,(H,12,13)/t8-/m1/s1. The lowest BCUT2D eigenvalue weighted by Crippen LogP contribution is -2.17. The first kappa shape index (κ1) is 9.43. The van der Waals surface area contributed by atoms with Crippen molar-refractivity contribution in [3.63, 3.8) is 0 Å². The van der Waals surface area contributed by atoms with Crippen molar-refractivity contribution in [1.82, 2.24) is 15.5 Å². The van der Waals surface area contributed by atoms with Crippen LogP contribution in [-0.4, -0.2) is 10.2 Å². The molecule has 0 unspecified atom stereocenters. The van der Waals surface area contributed by atoms with Crippen molar-refractivity contribution in [3.8, 4) is 0 Å². The molecule has 0 amide bonds. The van der Waals surface area contributed by atoms with Gasteiger partial charge in [-0.15, -0.1) is 11.3 Å². The molecule has 0 aliphatic heterocycles. The lowest BCUT2D eigenvalue weighted by molar-refractivity contribution is 0.575. The molecule has 74 valence electrons. The summed E-state index contributed by atoms with van der Waals surface area (Å²) in [6, 6.07) is 6.61. The average molecular weight is 207 g/mol. The van der Waals surface area contributed by atoms with Crippen LogP contribution in [0.25, 0.3) is 0 Å². The van der Waals surface area contributed by atoms with E-state index in [0.29, 0.717) is 6.04 Å². The van der Waals surface area contributed by atoms with E-state index in [9.17, 15) is 0 Å². The van der Waals surface area contributed by atoms with E-state index in [1.54, 1.807) is 17.5 Å². The maximum atomic E-state index is 3.90. The van der Waals surface area contributed by atoms with Crippen LogP contribution in [0.1, 0.15) is 23.5 Å². The lowest BCUT2D eigenvalue weighted by Gasteiger charge is -2.10. The fourth-order valence-corrected chi connectivity index (χ4v) is 2.04. The molecule has 0 aliphatic rings. The van der Waals surface area contributed by atoms with Gasteiger partial charge in [0.25, 0.3) is 0 Å². The number of rotatable bonds is 4. The summed E-state index contributed by atoms with van der Waals surface area (Å²) in [5.41, 5.74) is 1.12. The quantitative estimate of drug-likeness (QED) is 0.807. The van der Waals surface area contributed by atoms with Crippen molar-refractivity contribution >= 4 is 11.3 Å². The maximum Gasteiger partial charge on any atom is 0.0490 e. The first-order valence-electron chi connectivity index (χ1n) is 4.61. The number of nitrogens with zero attached hydrogens (tertiary/aromatic N) is 1. The Morgan fingerprint density at radius 2 is 2.50 bits per heavy atom. The highest BCUT2D eigenvalue weighted by Crippen LogP contribution is 2.18. The predicted molar refractivity (Wildman–Crippen MR) is 58.2 cm³/mol. The number of aromatic amines is 1. The molecule has 2 rings (SSSR count). The Morgan fingerprint density at radius 3 is 3.14 bits per heavy atom. The van der Waals surface area contributed by atoms with Gasteiger partial charge in [0.05, 0.1) is 0 Å². The summed E-state index contributed by atoms with van der Waals surface area (Å²) in [4.78, 5) is 1.37. The highest BCUT2D eigenvalue weighted by Gasteiger charge is 2.05. The first-order chi connectivity index (χ1) is 6.86. The highest BCUT2D eigenvalue weighted by molar-refractivity contribution is 7.10. The number of H-pyrrole nitrogens is 1. The normalized spacial score (nSPS) is 12.9. The summed E-state index contributed by atoms with van der Waals surface area (Å²) in [6.07, 6.45) is 1.77. The van der Waals surface area contributed by atoms with Crippen molar-refractivity contribution < 1.29 is 0 Å². The Hall–Kier alpha value is -1.13. The van der Waals surface area contributed by atoms with E-state index in [-0.39, 0.29) is 0 Å². The molecule has 0 saturated heterocycles. The van der Waals surface area contributed by atoms with Gasteiger partial charge in [-0.1, -0.05) is 6.07 Å². The molecule has 3 nitrogen and oxygen atoms in total. The predicted octanol–water partition coefficient (Wildman–Crippen LogP) is 2.32. The van der Waals surface area contributed by atoms with E-state index in [2.05, 4.69) is 40.0 Å². The van der Waals surface area contributed by atoms with Crippen LogP contribution in [0.3, 0.4) is 0 Å². The Morgan fingerprint density at radius 1 is 1.57 bits per heavy atom. The molecule has 0 bridgehead atoms. The fraction of sp³-hybridized carbons (Fsp3) is 0.300. The SMILES string of the molecule is C[C@@H](NCc1ccn[nH]1)c1cccs1. The molecule has 2 aromatic rings. The van der Waals surface area contributed by atoms with Gasteiger partial charge in [0.15, 0.2) is 0 Å². The summed E-state index contributed by atoms with van der Waals surface area (Å²) in [6.45, 7) is 3.00. The third kappa shape index (κ3) is 2.21. The molecule has 0 aromatic carbocycles. The van der Waals surface area contributed by atoms with E-state index < -0.39 is 0 Å². The fourth-order valence-electron chi connectivity index (χ4n) is 1.28. The van der Waals surface area contributed by atoms with Crippen molar-refractivity contribution in [2.24, 2.45) is 0 Å². The highest BCUT2D eigenvalue weighted by atomic mass is 32.1. The molecule has 0 radical (unpaired) electrons. The Labute approximate surface area is 87.2 Å². The van der Waals surface area contributed by atoms with Gasteiger partial charge >= 0.3 is 0 Å². The van der Waals surface area contributed by atoms with Crippen molar-refractivity contribution in [2.45, 2.75) is 19.5 Å². The zero-order valence-electron chi connectivity index (χ0n) is 8.03. The van der Waals surface area contributed by atoms with Gasteiger partial charge in [0.2, 0.25) is 0 Å². The molecular weight excluding hydrogens is 194 g/mol. The van der Waals surface area contributed by atoms with Crippen LogP contribution < -0.4 is 5.32 Å². The molecule has 2 N–H and O–H groups in total. The maximum absolute atomic E-state index is 3.90. The number of thiophene rings is 1. The van der Waals surface area contributed by atoms with Crippen LogP contribution in [0, 0.1) is 0 Å². The largest absolute Gasteiger partial charge is 0.304 e. The van der Waals surface area contributed by atoms with Crippen LogP contribution in [0.5, 0.6) is 0 Å².